The van der Waals surface area contributed by atoms with Crippen molar-refractivity contribution in [1.29, 1.82) is 0 Å². The number of benzene rings is 1. The molecule has 0 bridgehead atoms. The Hall–Kier alpha value is -3.55. The molecule has 0 saturated heterocycles. The number of methoxy groups -OCH3 is 1. The Balaban J connectivity index is 1.20. The van der Waals surface area contributed by atoms with Crippen molar-refractivity contribution in [3.05, 3.63) is 47.0 Å². The second-order valence-corrected chi connectivity index (χ2v) is 18.4. The number of nitrogens with zero attached hydrogens (tertiary/aromatic N) is 3. The molecule has 1 unspecified atom stereocenters. The molecule has 2 aromatic heterocycles. The fourth-order valence-corrected chi connectivity index (χ4v) is 10.2. The van der Waals surface area contributed by atoms with Gasteiger partial charge < -0.3 is 19.7 Å². The minimum absolute atomic E-state index is 0.0256. The number of hydrogen-bond acceptors (Lipinski definition) is 9. The lowest BCUT2D eigenvalue weighted by Gasteiger charge is -2.27. The lowest BCUT2D eigenvalue weighted by molar-refractivity contribution is -0.140. The van der Waals surface area contributed by atoms with Crippen LogP contribution < -0.4 is 19.5 Å². The molecular formula is C39H51N5O6S2. The average molecular weight is 750 g/mol. The minimum atomic E-state index is -3.43. The van der Waals surface area contributed by atoms with Crippen molar-refractivity contribution in [2.45, 2.75) is 101 Å². The maximum absolute atomic E-state index is 14.4. The molecular weight excluding hydrogens is 699 g/mol. The van der Waals surface area contributed by atoms with Crippen molar-refractivity contribution in [3.8, 4) is 22.2 Å². The number of amides is 2. The number of hydrogen-bond donors (Lipinski definition) is 2. The number of carbonyl (C=O) groups excluding carboxylic acids is 2. The molecule has 280 valence electrons. The summed E-state index contributed by atoms with van der Waals surface area (Å²) in [6, 6.07) is 5.78. The number of sulfonamides is 1. The first-order valence-corrected chi connectivity index (χ1v) is 21.1. The maximum atomic E-state index is 14.4. The molecule has 3 fully saturated rings. The van der Waals surface area contributed by atoms with E-state index in [4.69, 9.17) is 19.4 Å². The quantitative estimate of drug-likeness (QED) is 0.250. The zero-order chi connectivity index (χ0) is 36.8. The van der Waals surface area contributed by atoms with E-state index in [-0.39, 0.29) is 35.4 Å². The summed E-state index contributed by atoms with van der Waals surface area (Å²) in [5, 5.41) is 6.60. The van der Waals surface area contributed by atoms with Crippen molar-refractivity contribution < 1.29 is 27.5 Å². The van der Waals surface area contributed by atoms with Crippen molar-refractivity contribution in [3.63, 3.8) is 0 Å². The van der Waals surface area contributed by atoms with Gasteiger partial charge in [0.05, 0.1) is 40.9 Å². The SMILES string of the molecule is COc1ccc2c(O[C@H]3CC4C(=O)N(C)CCCCC/C=C\[C@@H]5C[C@@]5(CNS(=O)(=O)C5CC5)NC(=O)[C@@H]4C3)cc(-c3nc(C(C)C)cs3)nc2c1C. The van der Waals surface area contributed by atoms with Crippen LogP contribution in [0.15, 0.2) is 35.7 Å². The standard InChI is InChI=1S/C39H51N5O6S2/c1-23(2)32-21-51-37(42-32)31-19-34(28-14-15-33(49-5)24(3)35(28)41-31)50-26-17-29-30(18-26)38(46)44(4)16-10-8-6-7-9-11-25-20-39(25,43-36(29)45)22-40-52(47,48)27-12-13-27/h9,11,14-15,19,21,23,25-27,29-30,40H,6-8,10,12-13,16-18,20,22H2,1-5H3,(H,43,45)/b11-9-/t25-,26-,29-,30?,39+/m1/s1. The van der Waals surface area contributed by atoms with Crippen LogP contribution in [-0.2, 0) is 19.6 Å². The van der Waals surface area contributed by atoms with Crippen LogP contribution in [-0.4, -0.2) is 79.2 Å². The lowest BCUT2D eigenvalue weighted by atomic mass is 9.93. The van der Waals surface area contributed by atoms with Crippen molar-refractivity contribution >= 4 is 44.1 Å². The largest absolute Gasteiger partial charge is 0.496 e. The van der Waals surface area contributed by atoms with Gasteiger partial charge in [0.2, 0.25) is 21.8 Å². The number of nitrogens with one attached hydrogen (secondary N) is 2. The van der Waals surface area contributed by atoms with Crippen LogP contribution in [0.25, 0.3) is 21.6 Å². The van der Waals surface area contributed by atoms with Crippen LogP contribution in [0.5, 0.6) is 11.5 Å². The number of rotatable bonds is 9. The molecule has 4 aliphatic rings. The van der Waals surface area contributed by atoms with Gasteiger partial charge in [-0.05, 0) is 76.3 Å². The van der Waals surface area contributed by atoms with Gasteiger partial charge in [0, 0.05) is 48.5 Å². The molecule has 3 aliphatic carbocycles. The fourth-order valence-electron chi connectivity index (χ4n) is 7.79. The summed E-state index contributed by atoms with van der Waals surface area (Å²) < 4.78 is 40.9. The van der Waals surface area contributed by atoms with Crippen molar-refractivity contribution in [2.24, 2.45) is 17.8 Å². The van der Waals surface area contributed by atoms with Gasteiger partial charge in [-0.2, -0.15) is 0 Å². The molecule has 2 amide bonds. The molecule has 0 radical (unpaired) electrons. The summed E-state index contributed by atoms with van der Waals surface area (Å²) in [5.41, 5.74) is 2.61. The first-order chi connectivity index (χ1) is 24.9. The number of pyridine rings is 1. The van der Waals surface area contributed by atoms with Crippen LogP contribution in [0.2, 0.25) is 0 Å². The van der Waals surface area contributed by atoms with Crippen LogP contribution >= 0.6 is 11.3 Å². The van der Waals surface area contributed by atoms with E-state index in [1.54, 1.807) is 23.3 Å². The van der Waals surface area contributed by atoms with Gasteiger partial charge in [-0.3, -0.25) is 9.59 Å². The van der Waals surface area contributed by atoms with E-state index in [1.165, 1.54) is 0 Å². The lowest BCUT2D eigenvalue weighted by Crippen LogP contribution is -2.51. The van der Waals surface area contributed by atoms with E-state index in [0.717, 1.165) is 58.6 Å². The van der Waals surface area contributed by atoms with Gasteiger partial charge in [-0.15, -0.1) is 11.3 Å². The number of allylic oxidation sites excluding steroid dienone is 1. The normalized spacial score (nSPS) is 27.8. The Kier molecular flexibility index (Phi) is 10.4. The smallest absolute Gasteiger partial charge is 0.226 e. The highest BCUT2D eigenvalue weighted by Gasteiger charge is 2.56. The van der Waals surface area contributed by atoms with E-state index >= 15 is 0 Å². The van der Waals surface area contributed by atoms with Crippen molar-refractivity contribution in [2.75, 3.05) is 27.2 Å². The first-order valence-electron chi connectivity index (χ1n) is 18.7. The van der Waals surface area contributed by atoms with E-state index in [2.05, 4.69) is 41.4 Å². The Labute approximate surface area is 311 Å². The highest BCUT2D eigenvalue weighted by Crippen LogP contribution is 2.47. The zero-order valence-electron chi connectivity index (χ0n) is 30.8. The molecule has 13 heteroatoms. The summed E-state index contributed by atoms with van der Waals surface area (Å²) in [6.45, 7) is 6.97. The van der Waals surface area contributed by atoms with Crippen LogP contribution in [0.4, 0.5) is 0 Å². The first kappa shape index (κ1) is 36.8. The van der Waals surface area contributed by atoms with Crippen LogP contribution in [0.1, 0.15) is 88.8 Å². The molecule has 5 atom stereocenters. The summed E-state index contributed by atoms with van der Waals surface area (Å²) in [7, 11) is 0.0331. The van der Waals surface area contributed by atoms with Gasteiger partial charge in [0.1, 0.15) is 28.3 Å². The molecule has 1 aliphatic heterocycles. The fraction of sp³-hybridized carbons (Fsp3) is 0.590. The summed E-state index contributed by atoms with van der Waals surface area (Å²) in [6.07, 6.45) is 10.4. The number of thiazole rings is 1. The predicted octanol–water partition coefficient (Wildman–Crippen LogP) is 6.12. The minimum Gasteiger partial charge on any atom is -0.496 e. The zero-order valence-corrected chi connectivity index (χ0v) is 32.4. The number of aryl methyl sites for hydroxylation is 1. The van der Waals surface area contributed by atoms with E-state index in [1.807, 2.05) is 32.2 Å². The molecule has 3 aromatic rings. The maximum Gasteiger partial charge on any atom is 0.226 e. The Bertz CT molecular complexity index is 1970. The summed E-state index contributed by atoms with van der Waals surface area (Å²) in [4.78, 5) is 40.1. The van der Waals surface area contributed by atoms with Gasteiger partial charge >= 0.3 is 0 Å². The predicted molar refractivity (Wildman–Crippen MR) is 203 cm³/mol. The summed E-state index contributed by atoms with van der Waals surface area (Å²) in [5.74, 6) is 0.163. The number of ether oxygens (including phenoxy) is 2. The highest BCUT2D eigenvalue weighted by molar-refractivity contribution is 7.90. The van der Waals surface area contributed by atoms with Gasteiger partial charge in [0.25, 0.3) is 0 Å². The molecule has 7 rings (SSSR count). The van der Waals surface area contributed by atoms with Crippen LogP contribution in [0.3, 0.4) is 0 Å². The highest BCUT2D eigenvalue weighted by atomic mass is 32.2. The second-order valence-electron chi connectivity index (χ2n) is 15.5. The monoisotopic (exact) mass is 749 g/mol. The molecule has 52 heavy (non-hydrogen) atoms. The third kappa shape index (κ3) is 7.59. The van der Waals surface area contributed by atoms with E-state index < -0.39 is 33.5 Å². The van der Waals surface area contributed by atoms with Gasteiger partial charge in [-0.1, -0.05) is 32.4 Å². The number of aromatic nitrogens is 2. The topological polar surface area (TPSA) is 140 Å². The Morgan fingerprint density at radius 3 is 2.62 bits per heavy atom. The Morgan fingerprint density at radius 2 is 1.88 bits per heavy atom. The van der Waals surface area contributed by atoms with E-state index in [0.29, 0.717) is 50.1 Å². The summed E-state index contributed by atoms with van der Waals surface area (Å²) >= 11 is 1.54. The van der Waals surface area contributed by atoms with Gasteiger partial charge in [0.15, 0.2) is 0 Å². The molecule has 2 N–H and O–H groups in total. The van der Waals surface area contributed by atoms with Crippen LogP contribution in [0, 0.1) is 24.7 Å². The van der Waals surface area contributed by atoms with Gasteiger partial charge in [-0.25, -0.2) is 23.1 Å². The average Bonchev–Trinajstić information content (AvgIpc) is 3.98. The third-order valence-corrected chi connectivity index (χ3v) is 14.1. The van der Waals surface area contributed by atoms with E-state index in [9.17, 15) is 18.0 Å². The molecule has 3 saturated carbocycles. The molecule has 0 spiro atoms. The number of fused-ring (bicyclic) bond motifs is 3. The molecule has 11 nitrogen and oxygen atoms in total. The third-order valence-electron chi connectivity index (χ3n) is 11.3. The van der Waals surface area contributed by atoms with Crippen molar-refractivity contribution in [1.82, 2.24) is 24.9 Å². The Morgan fingerprint density at radius 1 is 1.10 bits per heavy atom. The number of carbonyl (C=O) groups is 2. The second kappa shape index (κ2) is 14.7. The molecule has 3 heterocycles. The molecule has 1 aromatic carbocycles.